The van der Waals surface area contributed by atoms with Crippen molar-refractivity contribution in [2.45, 2.75) is 18.1 Å². The van der Waals surface area contributed by atoms with Crippen LogP contribution in [0.15, 0.2) is 24.3 Å². The SMILES string of the molecule is Cc1ccc([C@@H]2[C@H](S(C)(=O)=O)[C@]2(CN)CO)cc1. The number of aryl methyl sites for hydroxylation is 1. The molecule has 100 valence electrons. The van der Waals surface area contributed by atoms with E-state index in [9.17, 15) is 13.5 Å². The summed E-state index contributed by atoms with van der Waals surface area (Å²) in [5.74, 6) is -0.192. The summed E-state index contributed by atoms with van der Waals surface area (Å²) in [5, 5.41) is 8.97. The summed E-state index contributed by atoms with van der Waals surface area (Å²) in [7, 11) is -3.21. The van der Waals surface area contributed by atoms with Gasteiger partial charge >= 0.3 is 0 Å². The second-order valence-corrected chi connectivity index (χ2v) is 7.40. The van der Waals surface area contributed by atoms with Crippen molar-refractivity contribution in [1.29, 1.82) is 0 Å². The fourth-order valence-electron chi connectivity index (χ4n) is 2.90. The van der Waals surface area contributed by atoms with Gasteiger partial charge in [-0.15, -0.1) is 0 Å². The molecule has 0 radical (unpaired) electrons. The van der Waals surface area contributed by atoms with Gasteiger partial charge in [0.1, 0.15) is 0 Å². The van der Waals surface area contributed by atoms with Crippen molar-refractivity contribution >= 4 is 9.84 Å². The number of sulfone groups is 1. The summed E-state index contributed by atoms with van der Waals surface area (Å²) in [5.41, 5.74) is 7.06. The molecule has 1 aromatic rings. The summed E-state index contributed by atoms with van der Waals surface area (Å²) in [4.78, 5) is 0. The molecule has 1 aliphatic rings. The minimum absolute atomic E-state index is 0.180. The van der Waals surface area contributed by atoms with Gasteiger partial charge in [0.05, 0.1) is 11.9 Å². The highest BCUT2D eigenvalue weighted by molar-refractivity contribution is 7.91. The van der Waals surface area contributed by atoms with Crippen LogP contribution in [0.2, 0.25) is 0 Å². The van der Waals surface area contributed by atoms with Gasteiger partial charge in [0.2, 0.25) is 0 Å². The molecule has 0 saturated heterocycles. The molecule has 5 heteroatoms. The zero-order valence-corrected chi connectivity index (χ0v) is 11.4. The maximum atomic E-state index is 11.8. The van der Waals surface area contributed by atoms with Gasteiger partial charge in [-0.2, -0.15) is 0 Å². The van der Waals surface area contributed by atoms with Gasteiger partial charge in [-0.3, -0.25) is 0 Å². The van der Waals surface area contributed by atoms with Crippen molar-refractivity contribution in [2.24, 2.45) is 11.1 Å². The molecule has 3 atom stereocenters. The summed E-state index contributed by atoms with van der Waals surface area (Å²) in [6, 6.07) is 7.74. The Morgan fingerprint density at radius 1 is 1.33 bits per heavy atom. The first-order valence-corrected chi connectivity index (χ1v) is 7.88. The third-order valence-electron chi connectivity index (χ3n) is 3.95. The Kier molecular flexibility index (Phi) is 3.25. The molecule has 4 nitrogen and oxygen atoms in total. The van der Waals surface area contributed by atoms with Crippen LogP contribution in [0.1, 0.15) is 17.0 Å². The average molecular weight is 269 g/mol. The smallest absolute Gasteiger partial charge is 0.151 e. The normalized spacial score (nSPS) is 31.3. The van der Waals surface area contributed by atoms with Crippen LogP contribution in [0.3, 0.4) is 0 Å². The molecule has 0 bridgehead atoms. The van der Waals surface area contributed by atoms with Crippen molar-refractivity contribution in [3.63, 3.8) is 0 Å². The number of rotatable bonds is 4. The van der Waals surface area contributed by atoms with Crippen LogP contribution in [0.5, 0.6) is 0 Å². The van der Waals surface area contributed by atoms with Crippen LogP contribution < -0.4 is 5.73 Å². The molecule has 3 N–H and O–H groups in total. The van der Waals surface area contributed by atoms with Crippen LogP contribution in [0.25, 0.3) is 0 Å². The van der Waals surface area contributed by atoms with Crippen LogP contribution in [-0.2, 0) is 9.84 Å². The fourth-order valence-corrected chi connectivity index (χ4v) is 4.92. The highest BCUT2D eigenvalue weighted by Crippen LogP contribution is 2.61. The van der Waals surface area contributed by atoms with E-state index in [2.05, 4.69) is 0 Å². The topological polar surface area (TPSA) is 80.4 Å². The molecule has 1 saturated carbocycles. The van der Waals surface area contributed by atoms with Gasteiger partial charge in [0, 0.05) is 24.1 Å². The highest BCUT2D eigenvalue weighted by atomic mass is 32.2. The van der Waals surface area contributed by atoms with Crippen LogP contribution >= 0.6 is 0 Å². The third kappa shape index (κ3) is 1.96. The minimum atomic E-state index is -3.21. The molecule has 1 aliphatic carbocycles. The van der Waals surface area contributed by atoms with Gasteiger partial charge in [-0.25, -0.2) is 8.42 Å². The first-order chi connectivity index (χ1) is 8.36. The molecular weight excluding hydrogens is 250 g/mol. The molecule has 0 unspecified atom stereocenters. The average Bonchev–Trinajstić information content (AvgIpc) is 3.00. The molecule has 0 aliphatic heterocycles. The number of benzene rings is 1. The van der Waals surface area contributed by atoms with Crippen LogP contribution in [0, 0.1) is 12.3 Å². The van der Waals surface area contributed by atoms with E-state index in [0.717, 1.165) is 11.1 Å². The highest BCUT2D eigenvalue weighted by Gasteiger charge is 2.68. The van der Waals surface area contributed by atoms with E-state index in [1.54, 1.807) is 0 Å². The van der Waals surface area contributed by atoms with E-state index in [0.29, 0.717) is 0 Å². The first kappa shape index (κ1) is 13.5. The Hall–Kier alpha value is -0.910. The number of nitrogens with two attached hydrogens (primary N) is 1. The standard InChI is InChI=1S/C13H19NO3S/c1-9-3-5-10(6-4-9)11-12(18(2,16)17)13(11,7-14)8-15/h3-6,11-12,15H,7-8,14H2,1-2H3/t11-,12+,13-/m1/s1. The number of aliphatic hydroxyl groups is 1. The van der Waals surface area contributed by atoms with Crippen molar-refractivity contribution in [3.05, 3.63) is 35.4 Å². The lowest BCUT2D eigenvalue weighted by atomic mass is 9.99. The largest absolute Gasteiger partial charge is 0.396 e. The fraction of sp³-hybridized carbons (Fsp3) is 0.538. The molecule has 1 aromatic carbocycles. The van der Waals surface area contributed by atoms with Gasteiger partial charge in [0.25, 0.3) is 0 Å². The van der Waals surface area contributed by atoms with Gasteiger partial charge < -0.3 is 10.8 Å². The lowest BCUT2D eigenvalue weighted by molar-refractivity contribution is 0.212. The van der Waals surface area contributed by atoms with E-state index in [4.69, 9.17) is 5.73 Å². The van der Waals surface area contributed by atoms with Crippen molar-refractivity contribution in [3.8, 4) is 0 Å². The van der Waals surface area contributed by atoms with Crippen molar-refractivity contribution in [1.82, 2.24) is 0 Å². The quantitative estimate of drug-likeness (QED) is 0.831. The minimum Gasteiger partial charge on any atom is -0.396 e. The first-order valence-electron chi connectivity index (χ1n) is 5.93. The van der Waals surface area contributed by atoms with Crippen LogP contribution in [0.4, 0.5) is 0 Å². The van der Waals surface area contributed by atoms with E-state index < -0.39 is 20.5 Å². The van der Waals surface area contributed by atoms with Crippen molar-refractivity contribution < 1.29 is 13.5 Å². The second-order valence-electron chi connectivity index (χ2n) is 5.23. The Morgan fingerprint density at radius 3 is 2.22 bits per heavy atom. The number of hydrogen-bond donors (Lipinski definition) is 2. The van der Waals surface area contributed by atoms with Gasteiger partial charge in [-0.1, -0.05) is 29.8 Å². The third-order valence-corrected chi connectivity index (χ3v) is 5.62. The Morgan fingerprint density at radius 2 is 1.89 bits per heavy atom. The monoisotopic (exact) mass is 269 g/mol. The van der Waals surface area contributed by atoms with E-state index in [1.807, 2.05) is 31.2 Å². The van der Waals surface area contributed by atoms with E-state index in [-0.39, 0.29) is 19.1 Å². The molecule has 0 spiro atoms. The molecule has 2 rings (SSSR count). The second kappa shape index (κ2) is 4.33. The maximum Gasteiger partial charge on any atom is 0.151 e. The Labute approximate surface area is 108 Å². The molecule has 1 fully saturated rings. The molecule has 0 heterocycles. The molecule has 0 aromatic heterocycles. The zero-order valence-electron chi connectivity index (χ0n) is 10.6. The summed E-state index contributed by atoms with van der Waals surface area (Å²) in [6.07, 6.45) is 1.21. The predicted molar refractivity (Wildman–Crippen MR) is 71.1 cm³/mol. The summed E-state index contributed by atoms with van der Waals surface area (Å²) < 4.78 is 23.6. The number of aliphatic hydroxyl groups excluding tert-OH is 1. The zero-order chi connectivity index (χ0) is 13.6. The Bertz CT molecular complexity index is 532. The predicted octanol–water partition coefficient (Wildman–Crippen LogP) is 0.443. The lowest BCUT2D eigenvalue weighted by Gasteiger charge is -2.11. The van der Waals surface area contributed by atoms with Crippen LogP contribution in [-0.4, -0.2) is 38.2 Å². The van der Waals surface area contributed by atoms with Gasteiger partial charge in [-0.05, 0) is 12.5 Å². The van der Waals surface area contributed by atoms with Gasteiger partial charge in [0.15, 0.2) is 9.84 Å². The molecule has 18 heavy (non-hydrogen) atoms. The molecular formula is C13H19NO3S. The molecule has 0 amide bonds. The lowest BCUT2D eigenvalue weighted by Crippen LogP contribution is -2.27. The Balaban J connectivity index is 2.41. The summed E-state index contributed by atoms with van der Waals surface area (Å²) >= 11 is 0. The van der Waals surface area contributed by atoms with E-state index in [1.165, 1.54) is 6.26 Å². The summed E-state index contributed by atoms with van der Waals surface area (Å²) in [6.45, 7) is 1.96. The maximum absolute atomic E-state index is 11.8. The number of hydrogen-bond acceptors (Lipinski definition) is 4. The van der Waals surface area contributed by atoms with Crippen molar-refractivity contribution in [2.75, 3.05) is 19.4 Å². The van der Waals surface area contributed by atoms with E-state index >= 15 is 0 Å².